The standard InChI is InChI=1S/C11H22N2O2/c1-2-4-9-5-3-6-13(8-9)10(7-12)11(14)15/h9-10H,2-8,12H2,1H3,(H,14,15). The average molecular weight is 214 g/mol. The van der Waals surface area contributed by atoms with Crippen LogP contribution in [0.1, 0.15) is 32.6 Å². The van der Waals surface area contributed by atoms with Gasteiger partial charge in [-0.25, -0.2) is 0 Å². The average Bonchev–Trinajstić information content (AvgIpc) is 2.19. The predicted octanol–water partition coefficient (Wildman–Crippen LogP) is 0.910. The van der Waals surface area contributed by atoms with E-state index in [4.69, 9.17) is 10.8 Å². The highest BCUT2D eigenvalue weighted by Crippen LogP contribution is 2.22. The number of nitrogens with zero attached hydrogens (tertiary/aromatic N) is 1. The minimum absolute atomic E-state index is 0.216. The third-order valence-electron chi connectivity index (χ3n) is 3.20. The number of carboxylic acid groups (broad SMARTS) is 1. The number of hydrogen-bond acceptors (Lipinski definition) is 3. The lowest BCUT2D eigenvalue weighted by atomic mass is 9.93. The second-order valence-corrected chi connectivity index (χ2v) is 4.38. The molecular weight excluding hydrogens is 192 g/mol. The Morgan fingerprint density at radius 1 is 1.67 bits per heavy atom. The van der Waals surface area contributed by atoms with Crippen LogP contribution < -0.4 is 5.73 Å². The van der Waals surface area contributed by atoms with E-state index in [1.807, 2.05) is 4.90 Å². The summed E-state index contributed by atoms with van der Waals surface area (Å²) >= 11 is 0. The summed E-state index contributed by atoms with van der Waals surface area (Å²) in [5.74, 6) is -0.119. The third kappa shape index (κ3) is 3.47. The van der Waals surface area contributed by atoms with E-state index in [0.29, 0.717) is 5.92 Å². The first-order valence-electron chi connectivity index (χ1n) is 5.86. The lowest BCUT2D eigenvalue weighted by Crippen LogP contribution is -2.50. The molecule has 0 aromatic heterocycles. The lowest BCUT2D eigenvalue weighted by Gasteiger charge is -2.35. The van der Waals surface area contributed by atoms with Crippen molar-refractivity contribution in [1.82, 2.24) is 4.90 Å². The number of likely N-dealkylation sites (tertiary alicyclic amines) is 1. The molecule has 0 radical (unpaired) electrons. The largest absolute Gasteiger partial charge is 0.480 e. The van der Waals surface area contributed by atoms with Crippen LogP contribution in [0.5, 0.6) is 0 Å². The summed E-state index contributed by atoms with van der Waals surface area (Å²) in [5, 5.41) is 9.02. The van der Waals surface area contributed by atoms with E-state index in [9.17, 15) is 4.79 Å². The summed E-state index contributed by atoms with van der Waals surface area (Å²) in [5.41, 5.74) is 5.50. The Kier molecular flexibility index (Phi) is 5.05. The van der Waals surface area contributed by atoms with Crippen LogP contribution in [0.25, 0.3) is 0 Å². The molecule has 2 unspecified atom stereocenters. The van der Waals surface area contributed by atoms with Gasteiger partial charge in [-0.3, -0.25) is 9.69 Å². The normalized spacial score (nSPS) is 25.1. The van der Waals surface area contributed by atoms with Gasteiger partial charge in [0.25, 0.3) is 0 Å². The summed E-state index contributed by atoms with van der Waals surface area (Å²) in [7, 11) is 0. The molecule has 1 fully saturated rings. The van der Waals surface area contributed by atoms with Crippen LogP contribution >= 0.6 is 0 Å². The number of hydrogen-bond donors (Lipinski definition) is 2. The first-order chi connectivity index (χ1) is 7.19. The number of carboxylic acids is 1. The third-order valence-corrected chi connectivity index (χ3v) is 3.20. The molecule has 0 aromatic rings. The fourth-order valence-electron chi connectivity index (χ4n) is 2.43. The Morgan fingerprint density at radius 2 is 2.40 bits per heavy atom. The van der Waals surface area contributed by atoms with Crippen LogP contribution in [0.4, 0.5) is 0 Å². The van der Waals surface area contributed by atoms with Crippen molar-refractivity contribution in [3.05, 3.63) is 0 Å². The van der Waals surface area contributed by atoms with Crippen LogP contribution in [0.3, 0.4) is 0 Å². The zero-order valence-electron chi connectivity index (χ0n) is 9.48. The van der Waals surface area contributed by atoms with Crippen LogP contribution in [-0.4, -0.2) is 41.7 Å². The molecule has 1 heterocycles. The SMILES string of the molecule is CCCC1CCCN(C(CN)C(=O)O)C1. The van der Waals surface area contributed by atoms with E-state index >= 15 is 0 Å². The summed E-state index contributed by atoms with van der Waals surface area (Å²) in [6.45, 7) is 4.18. The van der Waals surface area contributed by atoms with E-state index < -0.39 is 12.0 Å². The van der Waals surface area contributed by atoms with Gasteiger partial charge in [-0.05, 0) is 31.7 Å². The minimum Gasteiger partial charge on any atom is -0.480 e. The molecule has 0 saturated carbocycles. The van der Waals surface area contributed by atoms with Crippen molar-refractivity contribution >= 4 is 5.97 Å². The van der Waals surface area contributed by atoms with Crippen molar-refractivity contribution < 1.29 is 9.90 Å². The number of carbonyl (C=O) groups is 1. The molecule has 2 atom stereocenters. The first-order valence-corrected chi connectivity index (χ1v) is 5.86. The van der Waals surface area contributed by atoms with Crippen LogP contribution in [0.2, 0.25) is 0 Å². The first kappa shape index (κ1) is 12.5. The van der Waals surface area contributed by atoms with Crippen molar-refractivity contribution in [1.29, 1.82) is 0 Å². The van der Waals surface area contributed by atoms with E-state index in [-0.39, 0.29) is 6.54 Å². The predicted molar refractivity (Wildman–Crippen MR) is 59.7 cm³/mol. The maximum atomic E-state index is 11.0. The van der Waals surface area contributed by atoms with Gasteiger partial charge >= 0.3 is 5.97 Å². The monoisotopic (exact) mass is 214 g/mol. The number of rotatable bonds is 5. The van der Waals surface area contributed by atoms with Gasteiger partial charge < -0.3 is 10.8 Å². The molecule has 4 nitrogen and oxygen atoms in total. The van der Waals surface area contributed by atoms with Crippen molar-refractivity contribution in [3.8, 4) is 0 Å². The molecule has 0 aromatic carbocycles. The highest BCUT2D eigenvalue weighted by molar-refractivity contribution is 5.73. The summed E-state index contributed by atoms with van der Waals surface area (Å²) < 4.78 is 0. The van der Waals surface area contributed by atoms with Gasteiger partial charge in [0.05, 0.1) is 0 Å². The molecule has 1 aliphatic heterocycles. The lowest BCUT2D eigenvalue weighted by molar-refractivity contribution is -0.143. The second-order valence-electron chi connectivity index (χ2n) is 4.38. The van der Waals surface area contributed by atoms with E-state index in [0.717, 1.165) is 19.5 Å². The quantitative estimate of drug-likeness (QED) is 0.714. The summed E-state index contributed by atoms with van der Waals surface area (Å²) in [4.78, 5) is 13.0. The van der Waals surface area contributed by atoms with E-state index in [2.05, 4.69) is 6.92 Å². The van der Waals surface area contributed by atoms with E-state index in [1.54, 1.807) is 0 Å². The van der Waals surface area contributed by atoms with E-state index in [1.165, 1.54) is 19.3 Å². The number of nitrogens with two attached hydrogens (primary N) is 1. The number of piperidine rings is 1. The zero-order chi connectivity index (χ0) is 11.3. The van der Waals surface area contributed by atoms with Crippen molar-refractivity contribution in [2.75, 3.05) is 19.6 Å². The fraction of sp³-hybridized carbons (Fsp3) is 0.909. The molecule has 0 amide bonds. The van der Waals surface area contributed by atoms with Gasteiger partial charge in [-0.15, -0.1) is 0 Å². The maximum absolute atomic E-state index is 11.0. The van der Waals surface area contributed by atoms with Crippen molar-refractivity contribution in [2.45, 2.75) is 38.6 Å². The molecule has 0 spiro atoms. The summed E-state index contributed by atoms with van der Waals surface area (Å²) in [6, 6.07) is -0.482. The maximum Gasteiger partial charge on any atom is 0.322 e. The van der Waals surface area contributed by atoms with Gasteiger partial charge in [-0.1, -0.05) is 13.3 Å². The molecular formula is C11H22N2O2. The molecule has 1 aliphatic rings. The van der Waals surface area contributed by atoms with Gasteiger partial charge in [-0.2, -0.15) is 0 Å². The molecule has 4 heteroatoms. The Balaban J connectivity index is 2.50. The van der Waals surface area contributed by atoms with Gasteiger partial charge in [0.2, 0.25) is 0 Å². The smallest absolute Gasteiger partial charge is 0.322 e. The second kappa shape index (κ2) is 6.08. The number of aliphatic carboxylic acids is 1. The molecule has 1 saturated heterocycles. The molecule has 15 heavy (non-hydrogen) atoms. The Morgan fingerprint density at radius 3 is 2.93 bits per heavy atom. The highest BCUT2D eigenvalue weighted by Gasteiger charge is 2.28. The zero-order valence-corrected chi connectivity index (χ0v) is 9.48. The molecule has 1 rings (SSSR count). The topological polar surface area (TPSA) is 66.6 Å². The Hall–Kier alpha value is -0.610. The highest BCUT2D eigenvalue weighted by atomic mass is 16.4. The van der Waals surface area contributed by atoms with Crippen LogP contribution in [0.15, 0.2) is 0 Å². The van der Waals surface area contributed by atoms with Gasteiger partial charge in [0, 0.05) is 13.1 Å². The fourth-order valence-corrected chi connectivity index (χ4v) is 2.43. The Labute approximate surface area is 91.4 Å². The molecule has 3 N–H and O–H groups in total. The molecule has 88 valence electrons. The minimum atomic E-state index is -0.783. The van der Waals surface area contributed by atoms with Crippen molar-refractivity contribution in [2.24, 2.45) is 11.7 Å². The Bertz CT molecular complexity index is 207. The van der Waals surface area contributed by atoms with Crippen LogP contribution in [0, 0.1) is 5.92 Å². The van der Waals surface area contributed by atoms with Crippen LogP contribution in [-0.2, 0) is 4.79 Å². The van der Waals surface area contributed by atoms with Gasteiger partial charge in [0.15, 0.2) is 0 Å². The molecule has 0 aliphatic carbocycles. The van der Waals surface area contributed by atoms with Gasteiger partial charge in [0.1, 0.15) is 6.04 Å². The summed E-state index contributed by atoms with van der Waals surface area (Å²) in [6.07, 6.45) is 4.72. The molecule has 0 bridgehead atoms. The van der Waals surface area contributed by atoms with Crippen molar-refractivity contribution in [3.63, 3.8) is 0 Å².